The molecular weight excluding hydrogens is 204 g/mol. The minimum Gasteiger partial charge on any atom is -0.396 e. The zero-order valence-corrected chi connectivity index (χ0v) is 9.39. The fourth-order valence-corrected chi connectivity index (χ4v) is 1.85. The summed E-state index contributed by atoms with van der Waals surface area (Å²) in [5.41, 5.74) is 6.75. The topological polar surface area (TPSA) is 64.2 Å². The molecule has 0 saturated carbocycles. The van der Waals surface area contributed by atoms with Crippen molar-refractivity contribution < 1.29 is 4.79 Å². The lowest BCUT2D eigenvalue weighted by Gasteiger charge is -2.23. The van der Waals surface area contributed by atoms with Gasteiger partial charge in [-0.2, -0.15) is 5.10 Å². The van der Waals surface area contributed by atoms with Gasteiger partial charge in [-0.15, -0.1) is 0 Å². The van der Waals surface area contributed by atoms with Gasteiger partial charge in [0.05, 0.1) is 11.9 Å². The summed E-state index contributed by atoms with van der Waals surface area (Å²) in [6, 6.07) is 0. The van der Waals surface area contributed by atoms with Crippen LogP contribution in [0.15, 0.2) is 18.3 Å². The summed E-state index contributed by atoms with van der Waals surface area (Å²) in [4.78, 5) is 14.0. The highest BCUT2D eigenvalue weighted by Crippen LogP contribution is 2.15. The number of amides is 1. The van der Waals surface area contributed by atoms with E-state index in [4.69, 9.17) is 5.73 Å². The summed E-state index contributed by atoms with van der Waals surface area (Å²) in [7, 11) is 0. The normalized spacial score (nSPS) is 15.4. The molecule has 0 atom stereocenters. The quantitative estimate of drug-likeness (QED) is 0.753. The van der Waals surface area contributed by atoms with Gasteiger partial charge < -0.3 is 10.6 Å². The van der Waals surface area contributed by atoms with Gasteiger partial charge in [-0.05, 0) is 13.3 Å². The highest BCUT2D eigenvalue weighted by atomic mass is 16.2. The standard InChI is InChI=1S/C11H16N4O/c1-2-15-10(9(12)8-13-15)11(16)14-6-4-3-5-7-14/h3-4,8H,2,5-7,12H2,1H3. The maximum atomic E-state index is 12.2. The Hall–Kier alpha value is -1.78. The maximum Gasteiger partial charge on any atom is 0.274 e. The number of aromatic nitrogens is 2. The van der Waals surface area contributed by atoms with Gasteiger partial charge >= 0.3 is 0 Å². The van der Waals surface area contributed by atoms with Crippen molar-refractivity contribution in [3.8, 4) is 0 Å². The van der Waals surface area contributed by atoms with E-state index in [2.05, 4.69) is 11.2 Å². The van der Waals surface area contributed by atoms with Crippen LogP contribution in [0.1, 0.15) is 23.8 Å². The molecule has 1 aromatic rings. The Balaban J connectivity index is 2.25. The van der Waals surface area contributed by atoms with E-state index in [9.17, 15) is 4.79 Å². The van der Waals surface area contributed by atoms with E-state index in [1.165, 1.54) is 6.20 Å². The summed E-state index contributed by atoms with van der Waals surface area (Å²) < 4.78 is 1.65. The van der Waals surface area contributed by atoms with Crippen molar-refractivity contribution in [2.24, 2.45) is 0 Å². The molecule has 0 saturated heterocycles. The van der Waals surface area contributed by atoms with Gasteiger partial charge in [-0.3, -0.25) is 9.48 Å². The highest BCUT2D eigenvalue weighted by molar-refractivity contribution is 5.97. The molecule has 1 amide bonds. The van der Waals surface area contributed by atoms with Gasteiger partial charge in [0, 0.05) is 19.6 Å². The van der Waals surface area contributed by atoms with Crippen molar-refractivity contribution in [3.05, 3.63) is 24.0 Å². The number of nitrogen functional groups attached to an aromatic ring is 1. The lowest BCUT2D eigenvalue weighted by molar-refractivity contribution is 0.0760. The first-order chi connectivity index (χ1) is 7.74. The third-order valence-electron chi connectivity index (χ3n) is 2.72. The summed E-state index contributed by atoms with van der Waals surface area (Å²) in [5.74, 6) is -0.0267. The molecule has 1 aliphatic heterocycles. The zero-order valence-electron chi connectivity index (χ0n) is 9.39. The van der Waals surface area contributed by atoms with E-state index in [0.29, 0.717) is 24.5 Å². The van der Waals surface area contributed by atoms with E-state index >= 15 is 0 Å². The molecule has 0 unspecified atom stereocenters. The molecular formula is C11H16N4O. The fourth-order valence-electron chi connectivity index (χ4n) is 1.85. The average molecular weight is 220 g/mol. The average Bonchev–Trinajstić information content (AvgIpc) is 2.70. The van der Waals surface area contributed by atoms with Crippen LogP contribution in [-0.2, 0) is 6.54 Å². The molecule has 2 N–H and O–H groups in total. The largest absolute Gasteiger partial charge is 0.396 e. The smallest absolute Gasteiger partial charge is 0.274 e. The second-order valence-electron chi connectivity index (χ2n) is 3.78. The number of aryl methyl sites for hydroxylation is 1. The summed E-state index contributed by atoms with van der Waals surface area (Å²) in [5, 5.41) is 4.08. The van der Waals surface area contributed by atoms with Crippen LogP contribution in [0.25, 0.3) is 0 Å². The maximum absolute atomic E-state index is 12.2. The molecule has 0 radical (unpaired) electrons. The Morgan fingerprint density at radius 3 is 3.00 bits per heavy atom. The van der Waals surface area contributed by atoms with Gasteiger partial charge in [0.1, 0.15) is 5.69 Å². The number of hydrogen-bond acceptors (Lipinski definition) is 3. The van der Waals surface area contributed by atoms with E-state index in [0.717, 1.165) is 13.0 Å². The van der Waals surface area contributed by atoms with Gasteiger partial charge in [-0.25, -0.2) is 0 Å². The van der Waals surface area contributed by atoms with E-state index in [-0.39, 0.29) is 5.91 Å². The van der Waals surface area contributed by atoms with Crippen LogP contribution in [-0.4, -0.2) is 33.7 Å². The molecule has 0 fully saturated rings. The molecule has 0 spiro atoms. The van der Waals surface area contributed by atoms with Crippen LogP contribution in [0.2, 0.25) is 0 Å². The number of anilines is 1. The highest BCUT2D eigenvalue weighted by Gasteiger charge is 2.22. The second kappa shape index (κ2) is 4.38. The molecule has 0 aromatic carbocycles. The zero-order chi connectivity index (χ0) is 11.5. The van der Waals surface area contributed by atoms with Crippen molar-refractivity contribution >= 4 is 11.6 Å². The molecule has 2 rings (SSSR count). The Kier molecular flexibility index (Phi) is 2.94. The first-order valence-electron chi connectivity index (χ1n) is 5.49. The molecule has 2 heterocycles. The monoisotopic (exact) mass is 220 g/mol. The Morgan fingerprint density at radius 1 is 1.56 bits per heavy atom. The molecule has 16 heavy (non-hydrogen) atoms. The first-order valence-corrected chi connectivity index (χ1v) is 5.49. The van der Waals surface area contributed by atoms with Crippen LogP contribution in [0.5, 0.6) is 0 Å². The number of carbonyl (C=O) groups is 1. The molecule has 5 heteroatoms. The molecule has 0 bridgehead atoms. The van der Waals surface area contributed by atoms with Gasteiger partial charge in [0.2, 0.25) is 0 Å². The molecule has 86 valence electrons. The molecule has 1 aromatic heterocycles. The van der Waals surface area contributed by atoms with Gasteiger partial charge in [-0.1, -0.05) is 12.2 Å². The number of carbonyl (C=O) groups excluding carboxylic acids is 1. The van der Waals surface area contributed by atoms with Crippen molar-refractivity contribution in [3.63, 3.8) is 0 Å². The van der Waals surface area contributed by atoms with Crippen molar-refractivity contribution in [2.75, 3.05) is 18.8 Å². The fraction of sp³-hybridized carbons (Fsp3) is 0.455. The van der Waals surface area contributed by atoms with Crippen molar-refractivity contribution in [1.29, 1.82) is 0 Å². The lowest BCUT2D eigenvalue weighted by atomic mass is 10.2. The number of hydrogen-bond donors (Lipinski definition) is 1. The van der Waals surface area contributed by atoms with Crippen LogP contribution >= 0.6 is 0 Å². The van der Waals surface area contributed by atoms with Crippen molar-refractivity contribution in [2.45, 2.75) is 19.9 Å². The van der Waals surface area contributed by atoms with E-state index in [1.807, 2.05) is 13.0 Å². The SMILES string of the molecule is CCn1ncc(N)c1C(=O)N1CC=CCC1. The van der Waals surface area contributed by atoms with E-state index in [1.54, 1.807) is 9.58 Å². The summed E-state index contributed by atoms with van der Waals surface area (Å²) in [6.07, 6.45) is 6.54. The van der Waals surface area contributed by atoms with Gasteiger partial charge in [0.25, 0.3) is 5.91 Å². The Bertz CT molecular complexity index is 422. The van der Waals surface area contributed by atoms with Crippen LogP contribution in [0.3, 0.4) is 0 Å². The summed E-state index contributed by atoms with van der Waals surface area (Å²) >= 11 is 0. The Labute approximate surface area is 94.5 Å². The number of nitrogens with two attached hydrogens (primary N) is 1. The van der Waals surface area contributed by atoms with Crippen LogP contribution in [0, 0.1) is 0 Å². The van der Waals surface area contributed by atoms with Crippen molar-refractivity contribution in [1.82, 2.24) is 14.7 Å². The van der Waals surface area contributed by atoms with Crippen LogP contribution < -0.4 is 5.73 Å². The van der Waals surface area contributed by atoms with Crippen LogP contribution in [0.4, 0.5) is 5.69 Å². The molecule has 1 aliphatic rings. The molecule has 0 aliphatic carbocycles. The minimum atomic E-state index is -0.0267. The second-order valence-corrected chi connectivity index (χ2v) is 3.78. The third-order valence-corrected chi connectivity index (χ3v) is 2.72. The predicted molar refractivity (Wildman–Crippen MR) is 62.0 cm³/mol. The van der Waals surface area contributed by atoms with Gasteiger partial charge in [0.15, 0.2) is 0 Å². The third kappa shape index (κ3) is 1.80. The summed E-state index contributed by atoms with van der Waals surface area (Å²) in [6.45, 7) is 4.01. The first kappa shape index (κ1) is 10.7. The number of nitrogens with zero attached hydrogens (tertiary/aromatic N) is 3. The lowest BCUT2D eigenvalue weighted by Crippen LogP contribution is -2.35. The van der Waals surface area contributed by atoms with E-state index < -0.39 is 0 Å². The minimum absolute atomic E-state index is 0.0267. The predicted octanol–water partition coefficient (Wildman–Crippen LogP) is 0.887. The molecule has 5 nitrogen and oxygen atoms in total. The Morgan fingerprint density at radius 2 is 2.38 bits per heavy atom. The number of rotatable bonds is 2.